The summed E-state index contributed by atoms with van der Waals surface area (Å²) < 4.78 is 8.28. The van der Waals surface area contributed by atoms with Crippen molar-refractivity contribution in [3.63, 3.8) is 0 Å². The van der Waals surface area contributed by atoms with Crippen LogP contribution in [0.5, 0.6) is 0 Å². The molecule has 2 aromatic heterocycles. The quantitative estimate of drug-likeness (QED) is 0.244. The number of hydrogen-bond donors (Lipinski definition) is 0. The second kappa shape index (κ2) is 10.6. The molecule has 4 heterocycles. The Morgan fingerprint density at radius 2 is 1.74 bits per heavy atom. The highest BCUT2D eigenvalue weighted by Gasteiger charge is 2.31. The van der Waals surface area contributed by atoms with E-state index in [9.17, 15) is 14.9 Å². The van der Waals surface area contributed by atoms with Crippen molar-refractivity contribution in [3.8, 4) is 0 Å². The minimum atomic E-state index is -0.385. The molecule has 0 radical (unpaired) electrons. The van der Waals surface area contributed by atoms with Crippen LogP contribution >= 0.6 is 11.6 Å². The van der Waals surface area contributed by atoms with Gasteiger partial charge in [-0.15, -0.1) is 0 Å². The fourth-order valence-corrected chi connectivity index (χ4v) is 5.72. The number of benzene rings is 2. The van der Waals surface area contributed by atoms with E-state index in [1.165, 1.54) is 0 Å². The molecule has 10 heteroatoms. The van der Waals surface area contributed by atoms with Crippen LogP contribution in [0.25, 0.3) is 0 Å². The summed E-state index contributed by atoms with van der Waals surface area (Å²) in [7, 11) is 0. The Balaban J connectivity index is 1.14. The highest BCUT2D eigenvalue weighted by atomic mass is 35.5. The van der Waals surface area contributed by atoms with Crippen molar-refractivity contribution in [1.82, 2.24) is 14.4 Å². The second-order valence-corrected chi connectivity index (χ2v) is 10.3. The number of nitro benzene ring substituents is 1. The fraction of sp³-hybridized carbons (Fsp3) is 0.276. The van der Waals surface area contributed by atoms with Gasteiger partial charge in [-0.3, -0.25) is 19.8 Å². The molecule has 0 saturated carbocycles. The molecule has 0 bridgehead atoms. The number of nitrogens with zero attached hydrogens (tertiary/aromatic N) is 5. The minimum Gasteiger partial charge on any atom is -0.455 e. The van der Waals surface area contributed by atoms with Gasteiger partial charge < -0.3 is 18.8 Å². The van der Waals surface area contributed by atoms with E-state index in [0.717, 1.165) is 43.1 Å². The number of non-ortho nitro benzene ring substituents is 1. The lowest BCUT2D eigenvalue weighted by Gasteiger charge is -2.37. The van der Waals surface area contributed by atoms with E-state index < -0.39 is 0 Å². The first-order chi connectivity index (χ1) is 19.0. The standard InChI is InChI=1S/C29H28ClN5O4/c30-22-3-1-4-24(19-22)31-13-16-33(17-14-31)29(36)27-11-10-25(39-27)20-34-18-15-32-12-2-5-26(32)28(34)21-6-8-23(9-7-21)35(37)38/h1-12,19,28H,13-18,20H2. The van der Waals surface area contributed by atoms with Crippen LogP contribution in [0.2, 0.25) is 5.02 Å². The van der Waals surface area contributed by atoms with Crippen molar-refractivity contribution in [2.24, 2.45) is 0 Å². The van der Waals surface area contributed by atoms with Crippen molar-refractivity contribution in [2.75, 3.05) is 37.6 Å². The van der Waals surface area contributed by atoms with Crippen LogP contribution in [-0.4, -0.2) is 57.9 Å². The van der Waals surface area contributed by atoms with Crippen LogP contribution in [0.1, 0.15) is 33.6 Å². The van der Waals surface area contributed by atoms with E-state index in [1.807, 2.05) is 53.4 Å². The molecule has 2 aliphatic heterocycles. The SMILES string of the molecule is O=C(c1ccc(CN2CCn3cccc3C2c2ccc([N+](=O)[O-])cc2)o1)N1CCN(c2cccc(Cl)c2)CC1. The molecule has 1 saturated heterocycles. The van der Waals surface area contributed by atoms with Gasteiger partial charge in [0.25, 0.3) is 11.6 Å². The van der Waals surface area contributed by atoms with E-state index >= 15 is 0 Å². The van der Waals surface area contributed by atoms with Crippen molar-refractivity contribution >= 4 is 28.9 Å². The minimum absolute atomic E-state index is 0.0686. The molecule has 2 aliphatic rings. The van der Waals surface area contributed by atoms with Gasteiger partial charge in [0.15, 0.2) is 5.76 Å². The first kappa shape index (κ1) is 25.2. The Morgan fingerprint density at radius 1 is 0.949 bits per heavy atom. The summed E-state index contributed by atoms with van der Waals surface area (Å²) in [5.74, 6) is 0.947. The number of hydrogen-bond acceptors (Lipinski definition) is 6. The van der Waals surface area contributed by atoms with Crippen LogP contribution in [0.3, 0.4) is 0 Å². The molecule has 0 N–H and O–H groups in total. The molecule has 2 aromatic carbocycles. The van der Waals surface area contributed by atoms with E-state index in [1.54, 1.807) is 18.2 Å². The molecule has 200 valence electrons. The maximum absolute atomic E-state index is 13.2. The average molecular weight is 546 g/mol. The summed E-state index contributed by atoms with van der Waals surface area (Å²) in [5.41, 5.74) is 3.22. The van der Waals surface area contributed by atoms with E-state index in [4.69, 9.17) is 16.0 Å². The third-order valence-electron chi connectivity index (χ3n) is 7.53. The van der Waals surface area contributed by atoms with Gasteiger partial charge in [-0.05, 0) is 48.0 Å². The second-order valence-electron chi connectivity index (χ2n) is 9.87. The molecule has 0 aliphatic carbocycles. The molecular weight excluding hydrogens is 518 g/mol. The Morgan fingerprint density at radius 3 is 2.49 bits per heavy atom. The summed E-state index contributed by atoms with van der Waals surface area (Å²) in [5, 5.41) is 11.9. The summed E-state index contributed by atoms with van der Waals surface area (Å²) in [6.45, 7) is 4.78. The number of piperazine rings is 1. The Bertz CT molecular complexity index is 1490. The monoisotopic (exact) mass is 545 g/mol. The highest BCUT2D eigenvalue weighted by Crippen LogP contribution is 2.34. The third-order valence-corrected chi connectivity index (χ3v) is 7.76. The molecule has 1 unspecified atom stereocenters. The van der Waals surface area contributed by atoms with E-state index in [-0.39, 0.29) is 22.6 Å². The number of amides is 1. The van der Waals surface area contributed by atoms with Crippen LogP contribution in [0, 0.1) is 10.1 Å². The topological polar surface area (TPSA) is 88.0 Å². The van der Waals surface area contributed by atoms with Gasteiger partial charge in [-0.25, -0.2) is 0 Å². The maximum atomic E-state index is 13.2. The molecule has 1 atom stereocenters. The molecule has 1 amide bonds. The number of nitro groups is 1. The van der Waals surface area contributed by atoms with Gasteiger partial charge in [0.1, 0.15) is 5.76 Å². The predicted molar refractivity (Wildman–Crippen MR) is 148 cm³/mol. The van der Waals surface area contributed by atoms with E-state index in [2.05, 4.69) is 26.6 Å². The van der Waals surface area contributed by atoms with Gasteiger partial charge in [0.2, 0.25) is 0 Å². The zero-order chi connectivity index (χ0) is 26.9. The van der Waals surface area contributed by atoms with Gasteiger partial charge in [0, 0.05) is 74.0 Å². The number of carbonyl (C=O) groups excluding carboxylic acids is 1. The highest BCUT2D eigenvalue weighted by molar-refractivity contribution is 6.30. The Kier molecular flexibility index (Phi) is 6.85. The summed E-state index contributed by atoms with van der Waals surface area (Å²) in [6, 6.07) is 22.1. The third kappa shape index (κ3) is 5.15. The molecule has 0 spiro atoms. The number of fused-ring (bicyclic) bond motifs is 1. The lowest BCUT2D eigenvalue weighted by atomic mass is 9.99. The van der Waals surface area contributed by atoms with Crippen LogP contribution in [0.15, 0.2) is 83.4 Å². The van der Waals surface area contributed by atoms with Crippen molar-refractivity contribution in [2.45, 2.75) is 19.1 Å². The summed E-state index contributed by atoms with van der Waals surface area (Å²) >= 11 is 6.14. The largest absolute Gasteiger partial charge is 0.455 e. The molecule has 39 heavy (non-hydrogen) atoms. The summed E-state index contributed by atoms with van der Waals surface area (Å²) in [4.78, 5) is 30.3. The number of rotatable bonds is 6. The van der Waals surface area contributed by atoms with Crippen molar-refractivity contribution in [3.05, 3.63) is 117 Å². The van der Waals surface area contributed by atoms with Crippen molar-refractivity contribution in [1.29, 1.82) is 0 Å². The molecular formula is C29H28ClN5O4. The maximum Gasteiger partial charge on any atom is 0.289 e. The number of halogens is 1. The zero-order valence-electron chi connectivity index (χ0n) is 21.3. The van der Waals surface area contributed by atoms with Crippen molar-refractivity contribution < 1.29 is 14.1 Å². The zero-order valence-corrected chi connectivity index (χ0v) is 22.0. The molecule has 1 fully saturated rings. The summed E-state index contributed by atoms with van der Waals surface area (Å²) in [6.07, 6.45) is 2.06. The predicted octanol–water partition coefficient (Wildman–Crippen LogP) is 5.21. The smallest absolute Gasteiger partial charge is 0.289 e. The van der Waals surface area contributed by atoms with E-state index in [0.29, 0.717) is 36.2 Å². The molecule has 6 rings (SSSR count). The van der Waals surface area contributed by atoms with Gasteiger partial charge in [0.05, 0.1) is 17.5 Å². The molecule has 9 nitrogen and oxygen atoms in total. The Labute approximate surface area is 230 Å². The van der Waals surface area contributed by atoms with Crippen LogP contribution in [-0.2, 0) is 13.1 Å². The molecule has 4 aromatic rings. The number of carbonyl (C=O) groups is 1. The van der Waals surface area contributed by atoms with Crippen LogP contribution < -0.4 is 4.90 Å². The number of anilines is 1. The lowest BCUT2D eigenvalue weighted by Crippen LogP contribution is -2.48. The normalized spacial score (nSPS) is 17.7. The van der Waals surface area contributed by atoms with Gasteiger partial charge in [-0.2, -0.15) is 0 Å². The number of furan rings is 1. The lowest BCUT2D eigenvalue weighted by molar-refractivity contribution is -0.384. The van der Waals surface area contributed by atoms with Crippen LogP contribution in [0.4, 0.5) is 11.4 Å². The first-order valence-electron chi connectivity index (χ1n) is 13.0. The van der Waals surface area contributed by atoms with Gasteiger partial charge in [-0.1, -0.05) is 29.8 Å². The number of aromatic nitrogens is 1. The average Bonchev–Trinajstić information content (AvgIpc) is 3.63. The Hall–Kier alpha value is -4.08. The first-order valence-corrected chi connectivity index (χ1v) is 13.4. The van der Waals surface area contributed by atoms with Gasteiger partial charge >= 0.3 is 0 Å². The fourth-order valence-electron chi connectivity index (χ4n) is 5.54.